The summed E-state index contributed by atoms with van der Waals surface area (Å²) in [5.74, 6) is 0.986. The highest BCUT2D eigenvalue weighted by Crippen LogP contribution is 2.30. The Balaban J connectivity index is 2.33. The highest BCUT2D eigenvalue weighted by molar-refractivity contribution is 7.09. The molecule has 0 saturated carbocycles. The van der Waals surface area contributed by atoms with Crippen LogP contribution in [0, 0.1) is 13.8 Å². The molecular formula is C13H21N5S. The smallest absolute Gasteiger partial charge is 0.150 e. The molecule has 0 saturated heterocycles. The average molecular weight is 279 g/mol. The average Bonchev–Trinajstić information content (AvgIpc) is 2.85. The van der Waals surface area contributed by atoms with Crippen LogP contribution in [0.3, 0.4) is 0 Å². The first-order valence-corrected chi connectivity index (χ1v) is 7.24. The van der Waals surface area contributed by atoms with E-state index in [-0.39, 0.29) is 6.04 Å². The second-order valence-electron chi connectivity index (χ2n) is 5.08. The summed E-state index contributed by atoms with van der Waals surface area (Å²) in [6, 6.07) is 0.288. The molecule has 0 unspecified atom stereocenters. The number of aromatic nitrogens is 3. The Bertz CT molecular complexity index is 570. The van der Waals surface area contributed by atoms with Crippen LogP contribution in [0.4, 0.5) is 11.5 Å². The van der Waals surface area contributed by atoms with Crippen molar-refractivity contribution in [2.24, 2.45) is 0 Å². The molecule has 5 nitrogen and oxygen atoms in total. The molecule has 0 radical (unpaired) electrons. The number of anilines is 2. The zero-order chi connectivity index (χ0) is 14.2. The maximum absolute atomic E-state index is 6.17. The van der Waals surface area contributed by atoms with Gasteiger partial charge in [0, 0.05) is 18.0 Å². The molecule has 0 aliphatic carbocycles. The zero-order valence-electron chi connectivity index (χ0n) is 12.1. The van der Waals surface area contributed by atoms with E-state index in [4.69, 9.17) is 5.73 Å². The molecule has 6 heteroatoms. The summed E-state index contributed by atoms with van der Waals surface area (Å²) in [7, 11) is 2.05. The number of thiazole rings is 1. The normalized spacial score (nSPS) is 11.3. The maximum Gasteiger partial charge on any atom is 0.150 e. The lowest BCUT2D eigenvalue weighted by molar-refractivity contribution is 0.526. The van der Waals surface area contributed by atoms with Crippen molar-refractivity contribution in [1.29, 1.82) is 0 Å². The summed E-state index contributed by atoms with van der Waals surface area (Å²) in [6.45, 7) is 9.01. The Hall–Kier alpha value is -1.56. The van der Waals surface area contributed by atoms with Gasteiger partial charge in [0.05, 0.1) is 29.1 Å². The van der Waals surface area contributed by atoms with E-state index in [1.165, 1.54) is 4.88 Å². The van der Waals surface area contributed by atoms with Crippen molar-refractivity contribution in [1.82, 2.24) is 14.8 Å². The number of nitrogens with two attached hydrogens (primary N) is 1. The molecule has 2 heterocycles. The van der Waals surface area contributed by atoms with Crippen LogP contribution in [0.25, 0.3) is 0 Å². The molecule has 2 N–H and O–H groups in total. The largest absolute Gasteiger partial charge is 0.394 e. The molecule has 0 atom stereocenters. The lowest BCUT2D eigenvalue weighted by Gasteiger charge is -2.22. The molecule has 0 fully saturated rings. The summed E-state index contributed by atoms with van der Waals surface area (Å²) in [4.78, 5) is 7.70. The molecule has 0 spiro atoms. The van der Waals surface area contributed by atoms with Crippen molar-refractivity contribution in [2.75, 3.05) is 17.7 Å². The Labute approximate surface area is 118 Å². The number of hydrogen-bond acceptors (Lipinski definition) is 5. The first kappa shape index (κ1) is 13.9. The van der Waals surface area contributed by atoms with Gasteiger partial charge in [-0.2, -0.15) is 5.10 Å². The Kier molecular flexibility index (Phi) is 3.80. The molecule has 2 aromatic heterocycles. The van der Waals surface area contributed by atoms with Crippen LogP contribution in [-0.4, -0.2) is 21.8 Å². The summed E-state index contributed by atoms with van der Waals surface area (Å²) in [5, 5.41) is 4.52. The minimum Gasteiger partial charge on any atom is -0.394 e. The minimum absolute atomic E-state index is 0.288. The van der Waals surface area contributed by atoms with Gasteiger partial charge < -0.3 is 10.6 Å². The molecule has 0 amide bonds. The molecule has 0 aromatic carbocycles. The predicted molar refractivity (Wildman–Crippen MR) is 80.7 cm³/mol. The van der Waals surface area contributed by atoms with Gasteiger partial charge in [0.25, 0.3) is 0 Å². The monoisotopic (exact) mass is 279 g/mol. The molecule has 2 rings (SSSR count). The van der Waals surface area contributed by atoms with Gasteiger partial charge in [0.2, 0.25) is 0 Å². The second-order valence-corrected chi connectivity index (χ2v) is 6.02. The van der Waals surface area contributed by atoms with E-state index >= 15 is 0 Å². The first-order valence-electron chi connectivity index (χ1n) is 6.36. The van der Waals surface area contributed by atoms with Crippen molar-refractivity contribution in [3.8, 4) is 0 Å². The lowest BCUT2D eigenvalue weighted by Crippen LogP contribution is -2.22. The fraction of sp³-hybridized carbons (Fsp3) is 0.538. The molecule has 0 aliphatic heterocycles. The summed E-state index contributed by atoms with van der Waals surface area (Å²) in [6.07, 6.45) is 0. The van der Waals surface area contributed by atoms with E-state index in [0.717, 1.165) is 29.4 Å². The van der Waals surface area contributed by atoms with Crippen LogP contribution in [0.5, 0.6) is 0 Å². The van der Waals surface area contributed by atoms with Gasteiger partial charge in [-0.3, -0.25) is 0 Å². The van der Waals surface area contributed by atoms with E-state index in [2.05, 4.69) is 28.8 Å². The van der Waals surface area contributed by atoms with Gasteiger partial charge in [0.15, 0.2) is 5.82 Å². The summed E-state index contributed by atoms with van der Waals surface area (Å²) in [5.41, 5.74) is 10.8. The zero-order valence-corrected chi connectivity index (χ0v) is 13.0. The fourth-order valence-corrected chi connectivity index (χ4v) is 2.89. The number of hydrogen-bond donors (Lipinski definition) is 1. The van der Waals surface area contributed by atoms with Crippen LogP contribution in [-0.2, 0) is 6.54 Å². The third-order valence-electron chi connectivity index (χ3n) is 3.18. The van der Waals surface area contributed by atoms with Crippen molar-refractivity contribution < 1.29 is 0 Å². The molecule has 19 heavy (non-hydrogen) atoms. The van der Waals surface area contributed by atoms with Gasteiger partial charge in [0.1, 0.15) is 0 Å². The molecule has 2 aromatic rings. The van der Waals surface area contributed by atoms with E-state index < -0.39 is 0 Å². The van der Waals surface area contributed by atoms with Crippen molar-refractivity contribution in [3.63, 3.8) is 0 Å². The van der Waals surface area contributed by atoms with E-state index in [1.54, 1.807) is 11.3 Å². The molecule has 104 valence electrons. The van der Waals surface area contributed by atoms with Crippen LogP contribution in [0.15, 0.2) is 5.51 Å². The van der Waals surface area contributed by atoms with Crippen molar-refractivity contribution in [2.45, 2.75) is 40.3 Å². The summed E-state index contributed by atoms with van der Waals surface area (Å²) < 4.78 is 1.99. The number of rotatable bonds is 4. The molecule has 0 bridgehead atoms. The third kappa shape index (κ3) is 2.58. The maximum atomic E-state index is 6.17. The van der Waals surface area contributed by atoms with Gasteiger partial charge >= 0.3 is 0 Å². The van der Waals surface area contributed by atoms with Crippen molar-refractivity contribution >= 4 is 22.8 Å². The summed E-state index contributed by atoms with van der Waals surface area (Å²) >= 11 is 1.68. The second kappa shape index (κ2) is 5.21. The molecular weight excluding hydrogens is 258 g/mol. The van der Waals surface area contributed by atoms with E-state index in [9.17, 15) is 0 Å². The van der Waals surface area contributed by atoms with E-state index in [1.807, 2.05) is 31.1 Å². The van der Waals surface area contributed by atoms with Gasteiger partial charge in [-0.05, 0) is 27.7 Å². The molecule has 0 aliphatic rings. The SMILES string of the molecule is Cc1ncsc1CN(C)c1c(N)c(C)nn1C(C)C. The predicted octanol–water partition coefficient (Wildman–Crippen LogP) is 2.76. The third-order valence-corrected chi connectivity index (χ3v) is 4.10. The van der Waals surface area contributed by atoms with Crippen LogP contribution in [0.2, 0.25) is 0 Å². The topological polar surface area (TPSA) is 60.0 Å². The highest BCUT2D eigenvalue weighted by atomic mass is 32.1. The highest BCUT2D eigenvalue weighted by Gasteiger charge is 2.19. The number of nitrogen functional groups attached to an aromatic ring is 1. The van der Waals surface area contributed by atoms with Crippen molar-refractivity contribution in [3.05, 3.63) is 21.8 Å². The quantitative estimate of drug-likeness (QED) is 0.935. The van der Waals surface area contributed by atoms with Gasteiger partial charge in [-0.15, -0.1) is 11.3 Å². The number of nitrogens with zero attached hydrogens (tertiary/aromatic N) is 4. The van der Waals surface area contributed by atoms with Crippen LogP contribution < -0.4 is 10.6 Å². The van der Waals surface area contributed by atoms with E-state index in [0.29, 0.717) is 0 Å². The van der Waals surface area contributed by atoms with Gasteiger partial charge in [-0.1, -0.05) is 0 Å². The van der Waals surface area contributed by atoms with Gasteiger partial charge in [-0.25, -0.2) is 9.67 Å². The number of aryl methyl sites for hydroxylation is 2. The Morgan fingerprint density at radius 1 is 1.37 bits per heavy atom. The van der Waals surface area contributed by atoms with Crippen LogP contribution in [0.1, 0.15) is 36.2 Å². The minimum atomic E-state index is 0.288. The fourth-order valence-electron chi connectivity index (χ4n) is 2.06. The first-order chi connectivity index (χ1) is 8.91. The Morgan fingerprint density at radius 2 is 2.05 bits per heavy atom. The lowest BCUT2D eigenvalue weighted by atomic mass is 10.3. The Morgan fingerprint density at radius 3 is 2.58 bits per heavy atom. The van der Waals surface area contributed by atoms with Crippen LogP contribution >= 0.6 is 11.3 Å². The standard InChI is InChI=1S/C13H21N5S/c1-8(2)18-13(12(14)10(4)16-18)17(5)6-11-9(3)15-7-19-11/h7-8H,6,14H2,1-5H3.